The standard InChI is InChI=1S/C36H27N/c1-22-19-24(3)33(20-23(22)2)27-11-8-12-28(21-27)34-31-17-15-25-9-4-6-13-29(25)35(31)37-36-30-14-7-5-10-26(30)16-18-32(34)36/h4-21H,1-3H3. The molecule has 0 N–H and O–H groups in total. The molecule has 0 radical (unpaired) electrons. The third-order valence-electron chi connectivity index (χ3n) is 7.87. The van der Waals surface area contributed by atoms with Crippen molar-refractivity contribution in [3.63, 3.8) is 0 Å². The molecule has 7 rings (SSSR count). The van der Waals surface area contributed by atoms with Crippen LogP contribution in [0.2, 0.25) is 0 Å². The number of pyridine rings is 1. The first kappa shape index (κ1) is 21.8. The molecule has 1 aromatic heterocycles. The molecule has 1 nitrogen and oxygen atoms in total. The van der Waals surface area contributed by atoms with Gasteiger partial charge in [0.1, 0.15) is 0 Å². The number of benzene rings is 6. The fourth-order valence-corrected chi connectivity index (χ4v) is 5.84. The van der Waals surface area contributed by atoms with E-state index in [1.807, 2.05) is 0 Å². The summed E-state index contributed by atoms with van der Waals surface area (Å²) >= 11 is 0. The van der Waals surface area contributed by atoms with Gasteiger partial charge < -0.3 is 0 Å². The molecule has 0 atom stereocenters. The predicted octanol–water partition coefficient (Wildman–Crippen LogP) is 9.95. The highest BCUT2D eigenvalue weighted by atomic mass is 14.7. The van der Waals surface area contributed by atoms with Crippen LogP contribution in [0.25, 0.3) is 65.6 Å². The summed E-state index contributed by atoms with van der Waals surface area (Å²) in [5.74, 6) is 0. The summed E-state index contributed by atoms with van der Waals surface area (Å²) in [5, 5.41) is 7.19. The van der Waals surface area contributed by atoms with Crippen LogP contribution < -0.4 is 0 Å². The summed E-state index contributed by atoms with van der Waals surface area (Å²) in [6, 6.07) is 39.8. The van der Waals surface area contributed by atoms with Crippen molar-refractivity contribution in [2.45, 2.75) is 20.8 Å². The number of hydrogen-bond acceptors (Lipinski definition) is 1. The largest absolute Gasteiger partial charge is 0.246 e. The monoisotopic (exact) mass is 473 g/mol. The van der Waals surface area contributed by atoms with Crippen LogP contribution >= 0.6 is 0 Å². The first-order valence-electron chi connectivity index (χ1n) is 12.9. The van der Waals surface area contributed by atoms with Crippen LogP contribution in [-0.2, 0) is 0 Å². The van der Waals surface area contributed by atoms with Crippen molar-refractivity contribution in [1.29, 1.82) is 0 Å². The smallest absolute Gasteiger partial charge is 0.0794 e. The van der Waals surface area contributed by atoms with E-state index in [4.69, 9.17) is 4.98 Å². The highest BCUT2D eigenvalue weighted by molar-refractivity contribution is 6.21. The zero-order valence-electron chi connectivity index (χ0n) is 21.3. The summed E-state index contributed by atoms with van der Waals surface area (Å²) < 4.78 is 0. The average Bonchev–Trinajstić information content (AvgIpc) is 2.93. The lowest BCUT2D eigenvalue weighted by molar-refractivity contribution is 1.30. The van der Waals surface area contributed by atoms with E-state index in [0.717, 1.165) is 11.0 Å². The SMILES string of the molecule is Cc1cc(C)c(-c2cccc(-c3c4ccc5ccccc5c4nc4c3ccc3ccccc34)c2)cc1C. The van der Waals surface area contributed by atoms with Crippen molar-refractivity contribution in [2.75, 3.05) is 0 Å². The van der Waals surface area contributed by atoms with Crippen molar-refractivity contribution in [3.05, 3.63) is 126 Å². The van der Waals surface area contributed by atoms with E-state index >= 15 is 0 Å². The van der Waals surface area contributed by atoms with Gasteiger partial charge >= 0.3 is 0 Å². The molecule has 37 heavy (non-hydrogen) atoms. The number of rotatable bonds is 2. The normalized spacial score (nSPS) is 11.6. The highest BCUT2D eigenvalue weighted by Gasteiger charge is 2.16. The molecule has 1 heterocycles. The lowest BCUT2D eigenvalue weighted by Gasteiger charge is -2.16. The molecule has 0 aliphatic heterocycles. The quantitative estimate of drug-likeness (QED) is 0.180. The highest BCUT2D eigenvalue weighted by Crippen LogP contribution is 2.41. The van der Waals surface area contributed by atoms with Gasteiger partial charge in [-0.1, -0.05) is 103 Å². The minimum Gasteiger partial charge on any atom is -0.246 e. The Labute approximate surface area is 217 Å². The Morgan fingerprint density at radius 2 is 1.00 bits per heavy atom. The van der Waals surface area contributed by atoms with Crippen LogP contribution in [0.5, 0.6) is 0 Å². The number of aryl methyl sites for hydroxylation is 3. The fourth-order valence-electron chi connectivity index (χ4n) is 5.84. The van der Waals surface area contributed by atoms with Crippen LogP contribution in [0.4, 0.5) is 0 Å². The number of fused-ring (bicyclic) bond motifs is 6. The van der Waals surface area contributed by atoms with Gasteiger partial charge in [0.2, 0.25) is 0 Å². The van der Waals surface area contributed by atoms with E-state index in [2.05, 4.69) is 130 Å². The molecule has 1 heteroatoms. The minimum atomic E-state index is 1.06. The van der Waals surface area contributed by atoms with Crippen LogP contribution in [0.15, 0.2) is 109 Å². The molecule has 7 aromatic rings. The Hall–Kier alpha value is -4.49. The van der Waals surface area contributed by atoms with Gasteiger partial charge in [0.15, 0.2) is 0 Å². The van der Waals surface area contributed by atoms with E-state index in [-0.39, 0.29) is 0 Å². The van der Waals surface area contributed by atoms with E-state index in [1.54, 1.807) is 0 Å². The predicted molar refractivity (Wildman–Crippen MR) is 159 cm³/mol. The molecule has 0 bridgehead atoms. The van der Waals surface area contributed by atoms with Gasteiger partial charge in [-0.2, -0.15) is 0 Å². The topological polar surface area (TPSA) is 12.9 Å². The zero-order valence-corrected chi connectivity index (χ0v) is 21.3. The molecule has 6 aromatic carbocycles. The number of nitrogens with zero attached hydrogens (tertiary/aromatic N) is 1. The average molecular weight is 474 g/mol. The molecule has 0 saturated carbocycles. The first-order chi connectivity index (χ1) is 18.1. The summed E-state index contributed by atoms with van der Waals surface area (Å²) in [7, 11) is 0. The second-order valence-corrected chi connectivity index (χ2v) is 10.2. The summed E-state index contributed by atoms with van der Waals surface area (Å²) in [4.78, 5) is 5.34. The Kier molecular flexibility index (Phi) is 4.87. The van der Waals surface area contributed by atoms with Crippen molar-refractivity contribution in [3.8, 4) is 22.3 Å². The Morgan fingerprint density at radius 1 is 0.432 bits per heavy atom. The van der Waals surface area contributed by atoms with Gasteiger partial charge in [0.25, 0.3) is 0 Å². The Balaban J connectivity index is 1.61. The van der Waals surface area contributed by atoms with Gasteiger partial charge in [-0.05, 0) is 71.0 Å². The van der Waals surface area contributed by atoms with Crippen molar-refractivity contribution < 1.29 is 0 Å². The second kappa shape index (κ2) is 8.28. The molecule has 0 aliphatic carbocycles. The molecular weight excluding hydrogens is 446 g/mol. The van der Waals surface area contributed by atoms with E-state index < -0.39 is 0 Å². The van der Waals surface area contributed by atoms with Crippen LogP contribution in [0.1, 0.15) is 16.7 Å². The molecule has 0 saturated heterocycles. The molecule has 0 unspecified atom stereocenters. The van der Waals surface area contributed by atoms with Crippen LogP contribution in [0, 0.1) is 20.8 Å². The van der Waals surface area contributed by atoms with Crippen molar-refractivity contribution >= 4 is 43.4 Å². The van der Waals surface area contributed by atoms with Gasteiger partial charge in [0.05, 0.1) is 11.0 Å². The molecule has 0 fully saturated rings. The van der Waals surface area contributed by atoms with E-state index in [9.17, 15) is 0 Å². The molecule has 176 valence electrons. The van der Waals surface area contributed by atoms with Gasteiger partial charge in [0, 0.05) is 27.1 Å². The lowest BCUT2D eigenvalue weighted by atomic mass is 9.90. The Bertz CT molecular complexity index is 1920. The fraction of sp³-hybridized carbons (Fsp3) is 0.0833. The maximum Gasteiger partial charge on any atom is 0.0794 e. The third-order valence-corrected chi connectivity index (χ3v) is 7.87. The molecule has 0 spiro atoms. The van der Waals surface area contributed by atoms with Crippen LogP contribution in [0.3, 0.4) is 0 Å². The second-order valence-electron chi connectivity index (χ2n) is 10.2. The molecular formula is C36H27N. The number of hydrogen-bond donors (Lipinski definition) is 0. The number of aromatic nitrogens is 1. The van der Waals surface area contributed by atoms with Crippen molar-refractivity contribution in [1.82, 2.24) is 4.98 Å². The van der Waals surface area contributed by atoms with Crippen LogP contribution in [-0.4, -0.2) is 4.98 Å². The van der Waals surface area contributed by atoms with Gasteiger partial charge in [-0.3, -0.25) is 0 Å². The maximum absolute atomic E-state index is 5.34. The Morgan fingerprint density at radius 3 is 1.65 bits per heavy atom. The third kappa shape index (κ3) is 3.42. The summed E-state index contributed by atoms with van der Waals surface area (Å²) in [6.07, 6.45) is 0. The van der Waals surface area contributed by atoms with Gasteiger partial charge in [-0.15, -0.1) is 0 Å². The zero-order chi connectivity index (χ0) is 25.1. The first-order valence-corrected chi connectivity index (χ1v) is 12.9. The lowest BCUT2D eigenvalue weighted by Crippen LogP contribution is -1.93. The molecule has 0 aliphatic rings. The van der Waals surface area contributed by atoms with E-state index in [0.29, 0.717) is 0 Å². The minimum absolute atomic E-state index is 1.06. The molecule has 0 amide bonds. The van der Waals surface area contributed by atoms with Crippen molar-refractivity contribution in [2.24, 2.45) is 0 Å². The summed E-state index contributed by atoms with van der Waals surface area (Å²) in [5.41, 5.74) is 11.1. The maximum atomic E-state index is 5.34. The summed E-state index contributed by atoms with van der Waals surface area (Å²) in [6.45, 7) is 6.60. The van der Waals surface area contributed by atoms with Gasteiger partial charge in [-0.25, -0.2) is 4.98 Å². The van der Waals surface area contributed by atoms with E-state index in [1.165, 1.54) is 71.3 Å².